The molecular weight excluding hydrogens is 1430 g/mol. The number of hydrogen-bond donors (Lipinski definition) is 0. The monoisotopic (exact) mass is 1570 g/mol. The number of ether oxygens (including phenoxy) is 2. The van der Waals surface area contributed by atoms with Gasteiger partial charge in [0, 0.05) is 76.0 Å². The van der Waals surface area contributed by atoms with Gasteiger partial charge in [0.15, 0.2) is 0 Å². The Morgan fingerprint density at radius 1 is 0.438 bits per heavy atom. The number of rotatable bonds is 16. The van der Waals surface area contributed by atoms with Crippen LogP contribution in [0.5, 0.6) is 11.8 Å². The maximum Gasteiger partial charge on any atom is 0.224 e. The molecule has 0 amide bonds. The van der Waals surface area contributed by atoms with Gasteiger partial charge in [0.2, 0.25) is 11.8 Å². The normalized spacial score (nSPS) is 31.1. The molecule has 21 nitrogen and oxygen atoms in total. The van der Waals surface area contributed by atoms with Crippen LogP contribution in [0, 0.1) is 41.4 Å². The molecule has 9 fully saturated rings. The van der Waals surface area contributed by atoms with Gasteiger partial charge in [-0.05, 0) is 235 Å². The summed E-state index contributed by atoms with van der Waals surface area (Å²) in [4.78, 5) is 120. The van der Waals surface area contributed by atoms with Crippen molar-refractivity contribution in [2.45, 2.75) is 279 Å². The van der Waals surface area contributed by atoms with Crippen molar-refractivity contribution in [3.63, 3.8) is 0 Å². The molecule has 8 saturated heterocycles. The highest BCUT2D eigenvalue weighted by molar-refractivity contribution is 6.30. The summed E-state index contributed by atoms with van der Waals surface area (Å²) in [5.74, 6) is 7.99. The zero-order chi connectivity index (χ0) is 83.1. The van der Waals surface area contributed by atoms with Gasteiger partial charge >= 0.3 is 0 Å². The maximum atomic E-state index is 11.5. The Morgan fingerprint density at radius 2 is 0.929 bits per heavy atom. The molecule has 112 heavy (non-hydrogen) atoms. The zero-order valence-electron chi connectivity index (χ0n) is 72.6. The topological polar surface area (TPSA) is 220 Å². The van der Waals surface area contributed by atoms with Crippen LogP contribution in [-0.2, 0) is 38.4 Å². The molecule has 22 heteroatoms. The highest BCUT2D eigenvalue weighted by atomic mass is 35.5. The standard InChI is InChI=1S/C15H17N3O2.C13H23NO.C13H17NO.C12H15ClN2O2.2C10H19NO.C9H17NO.C8H15NO/c1-10(19)14-7-11(8-18(14)2)20-15-12-5-3-4-6-13(12)16-9-17-15;2*1-10(15)12-8-9-13(14(12)2)11-6-4-3-5-7-11;1-8(16)11-5-10(7-15(11)2)17-12-4-3-9(13)6-14-12;1-5-9-6-11(4)10(7(9)2)8(3)12;1-5-9-7(2)6-11(4)10(9)8(3)12;1-6-5-10(4)9(7(6)2)8(3)11;1-6-4-5-8(7(2)10)9(6)3/h3-6,9,11,14H,7-8H2,1-2H3;11-13H,3-9H2,1-2H3;3-7,12-13H,8-9H2,1-2H3;3-4,6,10-11H,5,7H2,1-2H3;2*7,9-10H,5-6H2,1-4H3;6-7,9H,5H2,1-4H3;6,8H,4-5H2,1-3H3. The molecule has 0 N–H and O–H groups in total. The summed E-state index contributed by atoms with van der Waals surface area (Å²) < 4.78 is 11.7. The second kappa shape index (κ2) is 45.4. The number of ketones is 8. The van der Waals surface area contributed by atoms with Crippen molar-refractivity contribution in [2.75, 3.05) is 89.1 Å². The van der Waals surface area contributed by atoms with Crippen molar-refractivity contribution in [1.29, 1.82) is 0 Å². The quantitative estimate of drug-likeness (QED) is 0.102. The summed E-state index contributed by atoms with van der Waals surface area (Å²) in [6, 6.07) is 24.4. The number of hydrogen-bond acceptors (Lipinski definition) is 21. The number of likely N-dealkylation sites (N-methyl/N-ethyl adjacent to an activating group) is 8. The number of benzene rings is 2. The van der Waals surface area contributed by atoms with Crippen LogP contribution >= 0.6 is 11.6 Å². The van der Waals surface area contributed by atoms with Gasteiger partial charge in [0.1, 0.15) is 64.8 Å². The second-order valence-electron chi connectivity index (χ2n) is 34.3. The second-order valence-corrected chi connectivity index (χ2v) is 34.8. The average Bonchev–Trinajstić information content (AvgIpc) is 1.26. The van der Waals surface area contributed by atoms with Crippen molar-refractivity contribution in [3.05, 3.63) is 89.8 Å². The Kier molecular flexibility index (Phi) is 38.4. The summed E-state index contributed by atoms with van der Waals surface area (Å²) in [7, 11) is 16.3. The first-order valence-electron chi connectivity index (χ1n) is 41.8. The molecular formula is C90H142ClN11O10. The number of fused-ring (bicyclic) bond motifs is 1. The van der Waals surface area contributed by atoms with E-state index in [1.54, 1.807) is 73.7 Å². The molecule has 0 bridgehead atoms. The molecule has 13 rings (SSSR count). The molecule has 8 aliphatic heterocycles. The first kappa shape index (κ1) is 94.7. The van der Waals surface area contributed by atoms with E-state index in [0.717, 1.165) is 88.1 Å². The minimum Gasteiger partial charge on any atom is -0.473 e. The Balaban J connectivity index is 0.000000201. The van der Waals surface area contributed by atoms with Crippen molar-refractivity contribution >= 4 is 68.8 Å². The van der Waals surface area contributed by atoms with E-state index in [9.17, 15) is 38.4 Å². The fourth-order valence-electron chi connectivity index (χ4n) is 19.7. The number of aromatic nitrogens is 3. The Hall–Kier alpha value is -6.14. The van der Waals surface area contributed by atoms with Crippen LogP contribution in [-0.4, -0.2) is 262 Å². The van der Waals surface area contributed by atoms with Gasteiger partial charge in [-0.15, -0.1) is 0 Å². The highest BCUT2D eigenvalue weighted by Gasteiger charge is 2.43. The summed E-state index contributed by atoms with van der Waals surface area (Å²) >= 11 is 5.75. The number of likely N-dealkylation sites (tertiary alicyclic amines) is 8. The minimum absolute atomic E-state index is 0.00722. The lowest BCUT2D eigenvalue weighted by molar-refractivity contribution is -0.122. The van der Waals surface area contributed by atoms with E-state index in [0.29, 0.717) is 106 Å². The number of para-hydroxylation sites is 1. The summed E-state index contributed by atoms with van der Waals surface area (Å²) in [6.07, 6.45) is 20.4. The number of halogens is 1. The van der Waals surface area contributed by atoms with Crippen LogP contribution in [0.2, 0.25) is 5.02 Å². The van der Waals surface area contributed by atoms with Gasteiger partial charge in [-0.3, -0.25) is 77.6 Å². The van der Waals surface area contributed by atoms with Crippen molar-refractivity contribution < 1.29 is 47.8 Å². The van der Waals surface area contributed by atoms with E-state index >= 15 is 0 Å². The van der Waals surface area contributed by atoms with Gasteiger partial charge in [0.05, 0.1) is 64.3 Å². The number of pyridine rings is 1. The number of carbonyl (C=O) groups excluding carboxylic acids is 8. The summed E-state index contributed by atoms with van der Waals surface area (Å²) in [5.41, 5.74) is 2.19. The van der Waals surface area contributed by atoms with Crippen molar-refractivity contribution in [3.8, 4) is 11.8 Å². The smallest absolute Gasteiger partial charge is 0.224 e. The van der Waals surface area contributed by atoms with Gasteiger partial charge in [-0.1, -0.05) is 128 Å². The molecule has 2 aromatic carbocycles. The molecule has 0 spiro atoms. The molecule has 1 saturated carbocycles. The fraction of sp³-hybridized carbons (Fsp3) is 0.700. The van der Waals surface area contributed by atoms with Crippen LogP contribution in [0.15, 0.2) is 79.3 Å². The van der Waals surface area contributed by atoms with Crippen molar-refractivity contribution in [2.24, 2.45) is 41.4 Å². The first-order valence-corrected chi connectivity index (χ1v) is 42.2. The molecule has 19 atom stereocenters. The van der Waals surface area contributed by atoms with Crippen LogP contribution in [0.1, 0.15) is 212 Å². The first-order chi connectivity index (χ1) is 52.9. The molecule has 4 aromatic rings. The summed E-state index contributed by atoms with van der Waals surface area (Å²) in [6.45, 7) is 33.5. The lowest BCUT2D eigenvalue weighted by Crippen LogP contribution is -2.40. The maximum absolute atomic E-state index is 11.5. The molecule has 0 radical (unpaired) electrons. The Morgan fingerprint density at radius 3 is 1.36 bits per heavy atom. The van der Waals surface area contributed by atoms with E-state index in [1.807, 2.05) is 68.3 Å². The molecule has 2 aromatic heterocycles. The lowest BCUT2D eigenvalue weighted by Gasteiger charge is -2.33. The van der Waals surface area contributed by atoms with Crippen LogP contribution in [0.4, 0.5) is 0 Å². The SMILES string of the molecule is CC(=O)C1C(C)C(C)CN1C.CC(=O)C1CC(Oc2ccc(Cl)cn2)CN1C.CC(=O)C1CC(Oc2ncnc3ccccc23)CN1C.CC(=O)C1CCC(C)N1C.CC(=O)C1CCC(C2CCCCC2)N1C.CC(=O)C1CCC(c2ccccc2)N1C.CCC1C(C)CN(C)C1C(C)=O.CCC1CN(C)C(C(C)=O)C1C. The third kappa shape index (κ3) is 26.4. The summed E-state index contributed by atoms with van der Waals surface area (Å²) in [5, 5.41) is 1.49. The third-order valence-corrected chi connectivity index (χ3v) is 26.4. The Bertz CT molecular complexity index is 3640. The van der Waals surface area contributed by atoms with E-state index in [1.165, 1.54) is 63.3 Å². The van der Waals surface area contributed by atoms with E-state index in [-0.39, 0.29) is 77.9 Å². The van der Waals surface area contributed by atoms with Gasteiger partial charge in [0.25, 0.3) is 0 Å². The highest BCUT2D eigenvalue weighted by Crippen LogP contribution is 2.39. The Labute approximate surface area is 678 Å². The predicted octanol–water partition coefficient (Wildman–Crippen LogP) is 13.8. The van der Waals surface area contributed by atoms with Gasteiger partial charge < -0.3 is 9.47 Å². The van der Waals surface area contributed by atoms with E-state index < -0.39 is 0 Å². The molecule has 19 unspecified atom stereocenters. The van der Waals surface area contributed by atoms with Crippen molar-refractivity contribution in [1.82, 2.24) is 54.2 Å². The lowest BCUT2D eigenvalue weighted by atomic mass is 9.83. The van der Waals surface area contributed by atoms with Crippen LogP contribution in [0.25, 0.3) is 10.9 Å². The zero-order valence-corrected chi connectivity index (χ0v) is 73.3. The number of nitrogens with zero attached hydrogens (tertiary/aromatic N) is 11. The van der Waals surface area contributed by atoms with Crippen LogP contribution < -0.4 is 9.47 Å². The molecule has 10 heterocycles. The fourth-order valence-corrected chi connectivity index (χ4v) is 19.8. The molecule has 1 aliphatic carbocycles. The van der Waals surface area contributed by atoms with Crippen LogP contribution in [0.3, 0.4) is 0 Å². The van der Waals surface area contributed by atoms with Gasteiger partial charge in [-0.2, -0.15) is 0 Å². The molecule has 624 valence electrons. The van der Waals surface area contributed by atoms with E-state index in [4.69, 9.17) is 21.1 Å². The number of carbonyl (C=O) groups is 8. The van der Waals surface area contributed by atoms with E-state index in [2.05, 4.69) is 145 Å². The largest absolute Gasteiger partial charge is 0.473 e. The number of Topliss-reactive ketones (excluding diaryl/α,β-unsaturated/α-hetero) is 8. The molecule has 9 aliphatic rings. The van der Waals surface area contributed by atoms with Gasteiger partial charge in [-0.25, -0.2) is 15.0 Å². The average molecular weight is 1570 g/mol. The third-order valence-electron chi connectivity index (χ3n) is 26.1. The minimum atomic E-state index is -0.0481. The predicted molar refractivity (Wildman–Crippen MR) is 450 cm³/mol.